The van der Waals surface area contributed by atoms with Crippen molar-refractivity contribution in [1.29, 1.82) is 0 Å². The van der Waals surface area contributed by atoms with Crippen LogP contribution in [-0.2, 0) is 0 Å². The van der Waals surface area contributed by atoms with Gasteiger partial charge in [0.2, 0.25) is 5.95 Å². The van der Waals surface area contributed by atoms with Gasteiger partial charge in [-0.15, -0.1) is 11.3 Å². The zero-order valence-electron chi connectivity index (χ0n) is 12.0. The van der Waals surface area contributed by atoms with Gasteiger partial charge in [-0.1, -0.05) is 32.1 Å². The molecule has 0 bridgehead atoms. The minimum absolute atomic E-state index is 0.368. The number of anilines is 2. The Morgan fingerprint density at radius 1 is 1.15 bits per heavy atom. The molecular weight excluding hydrogens is 268 g/mol. The van der Waals surface area contributed by atoms with Crippen LogP contribution in [0.5, 0.6) is 0 Å². The Balaban J connectivity index is 1.85. The summed E-state index contributed by atoms with van der Waals surface area (Å²) >= 11 is 1.68. The summed E-state index contributed by atoms with van der Waals surface area (Å²) in [6.45, 7) is 2.10. The number of hydrogen-bond acceptors (Lipinski definition) is 5. The zero-order chi connectivity index (χ0) is 13.9. The molecule has 0 unspecified atom stereocenters. The summed E-state index contributed by atoms with van der Waals surface area (Å²) < 4.78 is 0. The Kier molecular flexibility index (Phi) is 4.05. The van der Waals surface area contributed by atoms with Crippen LogP contribution in [0.25, 0.3) is 10.2 Å². The number of nitrogen functional groups attached to an aromatic ring is 1. The van der Waals surface area contributed by atoms with Crippen molar-refractivity contribution >= 4 is 33.3 Å². The van der Waals surface area contributed by atoms with E-state index < -0.39 is 0 Å². The normalized spacial score (nSPS) is 17.9. The Bertz CT molecular complexity index is 585. The molecule has 5 heteroatoms. The average Bonchev–Trinajstić information content (AvgIpc) is 2.72. The summed E-state index contributed by atoms with van der Waals surface area (Å²) in [4.78, 5) is 11.0. The zero-order valence-corrected chi connectivity index (χ0v) is 12.8. The first-order chi connectivity index (χ1) is 9.72. The van der Waals surface area contributed by atoms with Gasteiger partial charge in [0.1, 0.15) is 10.6 Å². The molecule has 2 heterocycles. The van der Waals surface area contributed by atoms with E-state index in [0.717, 1.165) is 16.0 Å². The fourth-order valence-corrected chi connectivity index (χ4v) is 3.85. The third-order valence-electron chi connectivity index (χ3n) is 3.98. The fourth-order valence-electron chi connectivity index (χ4n) is 2.96. The molecule has 0 atom stereocenters. The predicted octanol–water partition coefficient (Wildman–Crippen LogP) is 4.11. The third kappa shape index (κ3) is 3.03. The fraction of sp³-hybridized carbons (Fsp3) is 0.600. The maximum atomic E-state index is 5.84. The molecule has 20 heavy (non-hydrogen) atoms. The maximum absolute atomic E-state index is 5.84. The standard InChI is InChI=1S/C15H22N4S/c1-10-9-12-13(18-15(16)19-14(12)20-10)17-11-7-5-3-2-4-6-8-11/h9,11H,2-8H2,1H3,(H3,16,17,18,19). The molecule has 0 radical (unpaired) electrons. The number of thiophene rings is 1. The summed E-state index contributed by atoms with van der Waals surface area (Å²) in [5, 5.41) is 4.74. The number of nitrogens with one attached hydrogen (secondary N) is 1. The van der Waals surface area contributed by atoms with E-state index in [4.69, 9.17) is 5.73 Å². The number of hydrogen-bond donors (Lipinski definition) is 2. The van der Waals surface area contributed by atoms with Crippen LogP contribution in [0.4, 0.5) is 11.8 Å². The summed E-state index contributed by atoms with van der Waals surface area (Å²) in [5.74, 6) is 1.29. The monoisotopic (exact) mass is 290 g/mol. The molecule has 1 aliphatic rings. The molecular formula is C15H22N4S. The molecule has 0 saturated heterocycles. The quantitative estimate of drug-likeness (QED) is 0.873. The Labute approximate surface area is 123 Å². The number of aromatic nitrogens is 2. The SMILES string of the molecule is Cc1cc2c(NC3CCCCCCC3)nc(N)nc2s1. The molecule has 0 aromatic carbocycles. The van der Waals surface area contributed by atoms with E-state index in [1.165, 1.54) is 49.8 Å². The van der Waals surface area contributed by atoms with Crippen molar-refractivity contribution in [2.45, 2.75) is 57.9 Å². The maximum Gasteiger partial charge on any atom is 0.223 e. The van der Waals surface area contributed by atoms with Crippen LogP contribution in [-0.4, -0.2) is 16.0 Å². The number of aryl methyl sites for hydroxylation is 1. The van der Waals surface area contributed by atoms with E-state index in [1.807, 2.05) is 0 Å². The summed E-state index contributed by atoms with van der Waals surface area (Å²) in [5.41, 5.74) is 5.84. The first kappa shape index (κ1) is 13.6. The molecule has 2 aromatic heterocycles. The summed E-state index contributed by atoms with van der Waals surface area (Å²) in [7, 11) is 0. The number of fused-ring (bicyclic) bond motifs is 1. The highest BCUT2D eigenvalue weighted by Gasteiger charge is 2.15. The van der Waals surface area contributed by atoms with Gasteiger partial charge in [-0.25, -0.2) is 4.98 Å². The van der Waals surface area contributed by atoms with Gasteiger partial charge < -0.3 is 11.1 Å². The molecule has 3 N–H and O–H groups in total. The van der Waals surface area contributed by atoms with Crippen LogP contribution in [0.15, 0.2) is 6.07 Å². The van der Waals surface area contributed by atoms with Crippen molar-refractivity contribution in [3.63, 3.8) is 0 Å². The van der Waals surface area contributed by atoms with E-state index >= 15 is 0 Å². The lowest BCUT2D eigenvalue weighted by Crippen LogP contribution is -2.21. The summed E-state index contributed by atoms with van der Waals surface area (Å²) in [6.07, 6.45) is 9.19. The molecule has 1 saturated carbocycles. The lowest BCUT2D eigenvalue weighted by atomic mass is 9.97. The van der Waals surface area contributed by atoms with Gasteiger partial charge in [0, 0.05) is 10.9 Å². The summed E-state index contributed by atoms with van der Waals surface area (Å²) in [6, 6.07) is 2.68. The van der Waals surface area contributed by atoms with Crippen LogP contribution in [0.2, 0.25) is 0 Å². The first-order valence-corrected chi connectivity index (χ1v) is 8.34. The average molecular weight is 290 g/mol. The smallest absolute Gasteiger partial charge is 0.223 e. The van der Waals surface area contributed by atoms with Crippen LogP contribution >= 0.6 is 11.3 Å². The van der Waals surface area contributed by atoms with Crippen LogP contribution in [0, 0.1) is 6.92 Å². The molecule has 2 aromatic rings. The predicted molar refractivity (Wildman–Crippen MR) is 86.3 cm³/mol. The Hall–Kier alpha value is -1.36. The minimum atomic E-state index is 0.368. The van der Waals surface area contributed by atoms with E-state index in [-0.39, 0.29) is 0 Å². The molecule has 4 nitrogen and oxygen atoms in total. The second kappa shape index (κ2) is 5.95. The number of rotatable bonds is 2. The molecule has 1 aliphatic carbocycles. The van der Waals surface area contributed by atoms with E-state index in [0.29, 0.717) is 12.0 Å². The molecule has 108 valence electrons. The van der Waals surface area contributed by atoms with E-state index in [9.17, 15) is 0 Å². The van der Waals surface area contributed by atoms with Crippen molar-refractivity contribution in [3.05, 3.63) is 10.9 Å². The van der Waals surface area contributed by atoms with Gasteiger partial charge in [-0.2, -0.15) is 4.98 Å². The molecule has 0 aliphatic heterocycles. The van der Waals surface area contributed by atoms with Gasteiger partial charge in [0.25, 0.3) is 0 Å². The lowest BCUT2D eigenvalue weighted by molar-refractivity contribution is 0.471. The van der Waals surface area contributed by atoms with Crippen molar-refractivity contribution in [3.8, 4) is 0 Å². The minimum Gasteiger partial charge on any atom is -0.368 e. The highest BCUT2D eigenvalue weighted by Crippen LogP contribution is 2.30. The van der Waals surface area contributed by atoms with Crippen LogP contribution < -0.4 is 11.1 Å². The molecule has 0 spiro atoms. The molecule has 0 amide bonds. The van der Waals surface area contributed by atoms with Crippen molar-refractivity contribution < 1.29 is 0 Å². The topological polar surface area (TPSA) is 63.8 Å². The highest BCUT2D eigenvalue weighted by molar-refractivity contribution is 7.18. The number of nitrogens with zero attached hydrogens (tertiary/aromatic N) is 2. The lowest BCUT2D eigenvalue weighted by Gasteiger charge is -2.22. The van der Waals surface area contributed by atoms with Gasteiger partial charge in [0.05, 0.1) is 5.39 Å². The Morgan fingerprint density at radius 2 is 1.85 bits per heavy atom. The van der Waals surface area contributed by atoms with Crippen molar-refractivity contribution in [2.75, 3.05) is 11.1 Å². The second-order valence-corrected chi connectivity index (χ2v) is 6.93. The second-order valence-electron chi connectivity index (χ2n) is 5.69. The Morgan fingerprint density at radius 3 is 2.60 bits per heavy atom. The molecule has 1 fully saturated rings. The largest absolute Gasteiger partial charge is 0.368 e. The van der Waals surface area contributed by atoms with Gasteiger partial charge in [-0.3, -0.25) is 0 Å². The van der Waals surface area contributed by atoms with E-state index in [2.05, 4.69) is 28.3 Å². The van der Waals surface area contributed by atoms with Crippen LogP contribution in [0.3, 0.4) is 0 Å². The van der Waals surface area contributed by atoms with Gasteiger partial charge in [0.15, 0.2) is 0 Å². The van der Waals surface area contributed by atoms with Crippen molar-refractivity contribution in [1.82, 2.24) is 9.97 Å². The van der Waals surface area contributed by atoms with Gasteiger partial charge >= 0.3 is 0 Å². The first-order valence-electron chi connectivity index (χ1n) is 7.52. The molecule has 3 rings (SSSR count). The third-order valence-corrected chi connectivity index (χ3v) is 4.92. The van der Waals surface area contributed by atoms with E-state index in [1.54, 1.807) is 11.3 Å². The number of nitrogens with two attached hydrogens (primary N) is 1. The van der Waals surface area contributed by atoms with Crippen molar-refractivity contribution in [2.24, 2.45) is 0 Å². The van der Waals surface area contributed by atoms with Crippen LogP contribution in [0.1, 0.15) is 49.8 Å². The van der Waals surface area contributed by atoms with Gasteiger partial charge in [-0.05, 0) is 25.8 Å². The highest BCUT2D eigenvalue weighted by atomic mass is 32.1.